The Balaban J connectivity index is 1.63. The number of hydrogen-bond donors (Lipinski definition) is 0. The highest BCUT2D eigenvalue weighted by atomic mass is 16.5. The van der Waals surface area contributed by atoms with Crippen LogP contribution in [0.15, 0.2) is 41.2 Å². The van der Waals surface area contributed by atoms with Gasteiger partial charge in [0, 0.05) is 18.8 Å². The fourth-order valence-electron chi connectivity index (χ4n) is 2.67. The molecule has 0 unspecified atom stereocenters. The molecule has 1 fully saturated rings. The van der Waals surface area contributed by atoms with Gasteiger partial charge in [0.1, 0.15) is 17.6 Å². The minimum absolute atomic E-state index is 0.0764. The van der Waals surface area contributed by atoms with Crippen molar-refractivity contribution in [3.05, 3.63) is 58.0 Å². The van der Waals surface area contributed by atoms with Crippen molar-refractivity contribution in [3.8, 4) is 11.5 Å². The minimum Gasteiger partial charge on any atom is -0.496 e. The van der Waals surface area contributed by atoms with E-state index in [0.717, 1.165) is 5.69 Å². The number of para-hydroxylation sites is 1. The number of hydrogen-bond acceptors (Lipinski definition) is 4. The van der Waals surface area contributed by atoms with E-state index < -0.39 is 0 Å². The normalized spacial score (nSPS) is 14.2. The molecule has 1 saturated heterocycles. The van der Waals surface area contributed by atoms with Crippen LogP contribution in [0.2, 0.25) is 0 Å². The van der Waals surface area contributed by atoms with Crippen LogP contribution in [0.4, 0.5) is 0 Å². The second-order valence-corrected chi connectivity index (χ2v) is 5.88. The van der Waals surface area contributed by atoms with E-state index in [0.29, 0.717) is 30.2 Å². The van der Waals surface area contributed by atoms with E-state index >= 15 is 0 Å². The molecule has 3 rings (SSSR count). The first kappa shape index (κ1) is 16.1. The third kappa shape index (κ3) is 2.99. The molecule has 1 aliphatic heterocycles. The Morgan fingerprint density at radius 2 is 1.92 bits per heavy atom. The molecular formula is C18H20N2O4. The molecular weight excluding hydrogens is 308 g/mol. The van der Waals surface area contributed by atoms with E-state index in [2.05, 4.69) is 0 Å². The van der Waals surface area contributed by atoms with Gasteiger partial charge < -0.3 is 18.9 Å². The largest absolute Gasteiger partial charge is 0.496 e. The number of benzene rings is 1. The van der Waals surface area contributed by atoms with Crippen molar-refractivity contribution in [2.75, 3.05) is 20.2 Å². The van der Waals surface area contributed by atoms with Crippen molar-refractivity contribution in [3.63, 3.8) is 0 Å². The standard InChI is InChI=1S/C18H20N2O4/c1-12-8-13(9-17(21)19(12)2)24-14-10-20(11-14)18(22)15-6-4-5-7-16(15)23-3/h4-9,14H,10-11H2,1-3H3. The van der Waals surface area contributed by atoms with Crippen LogP contribution in [0.1, 0.15) is 16.1 Å². The maximum Gasteiger partial charge on any atom is 0.257 e. The summed E-state index contributed by atoms with van der Waals surface area (Å²) >= 11 is 0. The van der Waals surface area contributed by atoms with Gasteiger partial charge in [0.15, 0.2) is 0 Å². The first-order valence-electron chi connectivity index (χ1n) is 7.76. The second-order valence-electron chi connectivity index (χ2n) is 5.88. The number of methoxy groups -OCH3 is 1. The van der Waals surface area contributed by atoms with Gasteiger partial charge in [-0.25, -0.2) is 0 Å². The Labute approximate surface area is 140 Å². The van der Waals surface area contributed by atoms with Crippen LogP contribution in [0, 0.1) is 6.92 Å². The molecule has 1 aliphatic rings. The number of ether oxygens (including phenoxy) is 2. The lowest BCUT2D eigenvalue weighted by Crippen LogP contribution is -2.56. The summed E-state index contributed by atoms with van der Waals surface area (Å²) in [5.41, 5.74) is 1.27. The van der Waals surface area contributed by atoms with Crippen molar-refractivity contribution in [1.29, 1.82) is 0 Å². The SMILES string of the molecule is COc1ccccc1C(=O)N1CC(Oc2cc(C)n(C)c(=O)c2)C1. The molecule has 2 heterocycles. The molecule has 2 aromatic rings. The molecule has 6 heteroatoms. The molecule has 1 aromatic carbocycles. The molecule has 126 valence electrons. The van der Waals surface area contributed by atoms with Crippen LogP contribution in [0.25, 0.3) is 0 Å². The van der Waals surface area contributed by atoms with E-state index in [1.807, 2.05) is 25.1 Å². The van der Waals surface area contributed by atoms with Crippen LogP contribution in [0.3, 0.4) is 0 Å². The zero-order chi connectivity index (χ0) is 17.3. The zero-order valence-corrected chi connectivity index (χ0v) is 14.0. The number of rotatable bonds is 4. The maximum atomic E-state index is 12.5. The van der Waals surface area contributed by atoms with Gasteiger partial charge >= 0.3 is 0 Å². The number of aryl methyl sites for hydroxylation is 1. The van der Waals surface area contributed by atoms with Gasteiger partial charge in [0.25, 0.3) is 11.5 Å². The predicted octanol–water partition coefficient (Wildman–Crippen LogP) is 1.61. The average molecular weight is 328 g/mol. The van der Waals surface area contributed by atoms with Gasteiger partial charge in [-0.2, -0.15) is 0 Å². The Morgan fingerprint density at radius 3 is 2.58 bits per heavy atom. The predicted molar refractivity (Wildman–Crippen MR) is 89.7 cm³/mol. The maximum absolute atomic E-state index is 12.5. The summed E-state index contributed by atoms with van der Waals surface area (Å²) in [7, 11) is 3.27. The van der Waals surface area contributed by atoms with Crippen molar-refractivity contribution in [1.82, 2.24) is 9.47 Å². The number of amides is 1. The number of aromatic nitrogens is 1. The van der Waals surface area contributed by atoms with Crippen LogP contribution >= 0.6 is 0 Å². The topological polar surface area (TPSA) is 60.8 Å². The Kier molecular flexibility index (Phi) is 4.29. The van der Waals surface area contributed by atoms with Crippen molar-refractivity contribution < 1.29 is 14.3 Å². The number of nitrogens with zero attached hydrogens (tertiary/aromatic N) is 2. The molecule has 0 spiro atoms. The first-order chi connectivity index (χ1) is 11.5. The van der Waals surface area contributed by atoms with E-state index in [4.69, 9.17) is 9.47 Å². The molecule has 24 heavy (non-hydrogen) atoms. The van der Waals surface area contributed by atoms with E-state index in [9.17, 15) is 9.59 Å². The molecule has 0 N–H and O–H groups in total. The van der Waals surface area contributed by atoms with Crippen molar-refractivity contribution >= 4 is 5.91 Å². The molecule has 1 aromatic heterocycles. The number of carbonyl (C=O) groups excluding carboxylic acids is 1. The van der Waals surface area contributed by atoms with Crippen LogP contribution in [-0.2, 0) is 7.05 Å². The number of pyridine rings is 1. The van der Waals surface area contributed by atoms with Gasteiger partial charge in [-0.1, -0.05) is 12.1 Å². The third-order valence-electron chi connectivity index (χ3n) is 4.25. The van der Waals surface area contributed by atoms with Crippen LogP contribution < -0.4 is 15.0 Å². The van der Waals surface area contributed by atoms with Gasteiger partial charge in [0.2, 0.25) is 0 Å². The van der Waals surface area contributed by atoms with Crippen LogP contribution in [-0.4, -0.2) is 41.7 Å². The van der Waals surface area contributed by atoms with Gasteiger partial charge in [-0.3, -0.25) is 9.59 Å². The number of likely N-dealkylation sites (tertiary alicyclic amines) is 1. The van der Waals surface area contributed by atoms with Gasteiger partial charge in [0.05, 0.1) is 25.8 Å². The average Bonchev–Trinajstić information content (AvgIpc) is 2.54. The lowest BCUT2D eigenvalue weighted by Gasteiger charge is -2.39. The summed E-state index contributed by atoms with van der Waals surface area (Å²) in [5.74, 6) is 1.03. The zero-order valence-electron chi connectivity index (χ0n) is 14.0. The summed E-state index contributed by atoms with van der Waals surface area (Å²) in [6, 6.07) is 10.5. The molecule has 0 saturated carbocycles. The molecule has 0 atom stereocenters. The van der Waals surface area contributed by atoms with Crippen molar-refractivity contribution in [2.24, 2.45) is 7.05 Å². The smallest absolute Gasteiger partial charge is 0.257 e. The summed E-state index contributed by atoms with van der Waals surface area (Å²) < 4.78 is 12.6. The summed E-state index contributed by atoms with van der Waals surface area (Å²) in [5, 5.41) is 0. The monoisotopic (exact) mass is 328 g/mol. The summed E-state index contributed by atoms with van der Waals surface area (Å²) in [6.07, 6.45) is -0.102. The Morgan fingerprint density at radius 1 is 1.21 bits per heavy atom. The first-order valence-corrected chi connectivity index (χ1v) is 7.76. The third-order valence-corrected chi connectivity index (χ3v) is 4.25. The molecule has 1 amide bonds. The summed E-state index contributed by atoms with van der Waals surface area (Å²) in [6.45, 7) is 2.84. The fraction of sp³-hybridized carbons (Fsp3) is 0.333. The summed E-state index contributed by atoms with van der Waals surface area (Å²) in [4.78, 5) is 26.0. The Hall–Kier alpha value is -2.76. The van der Waals surface area contributed by atoms with E-state index in [1.54, 1.807) is 35.8 Å². The molecule has 0 aliphatic carbocycles. The number of carbonyl (C=O) groups is 1. The van der Waals surface area contributed by atoms with Crippen molar-refractivity contribution in [2.45, 2.75) is 13.0 Å². The highest BCUT2D eigenvalue weighted by Crippen LogP contribution is 2.24. The van der Waals surface area contributed by atoms with Gasteiger partial charge in [-0.15, -0.1) is 0 Å². The van der Waals surface area contributed by atoms with E-state index in [-0.39, 0.29) is 17.6 Å². The van der Waals surface area contributed by atoms with Gasteiger partial charge in [-0.05, 0) is 25.1 Å². The quantitative estimate of drug-likeness (QED) is 0.855. The molecule has 0 bridgehead atoms. The lowest BCUT2D eigenvalue weighted by atomic mass is 10.1. The van der Waals surface area contributed by atoms with Crippen LogP contribution in [0.5, 0.6) is 11.5 Å². The lowest BCUT2D eigenvalue weighted by molar-refractivity contribution is 0.0174. The molecule has 6 nitrogen and oxygen atoms in total. The fourth-order valence-corrected chi connectivity index (χ4v) is 2.67. The highest BCUT2D eigenvalue weighted by Gasteiger charge is 2.34. The second kappa shape index (κ2) is 6.39. The van der Waals surface area contributed by atoms with E-state index in [1.165, 1.54) is 6.07 Å². The molecule has 0 radical (unpaired) electrons. The Bertz CT molecular complexity index is 822. The minimum atomic E-state index is -0.105. The highest BCUT2D eigenvalue weighted by molar-refractivity contribution is 5.97.